The number of benzene rings is 7. The molecule has 0 amide bonds. The fourth-order valence-corrected chi connectivity index (χ4v) is 10.9. The van der Waals surface area contributed by atoms with Crippen LogP contribution in [0.3, 0.4) is 0 Å². The van der Waals surface area contributed by atoms with E-state index < -0.39 is 50.3 Å². The monoisotopic (exact) mass is 1010 g/mol. The van der Waals surface area contributed by atoms with Gasteiger partial charge in [-0.2, -0.15) is 38.8 Å². The molecule has 6 N–H and O–H groups in total. The molecule has 354 valence electrons. The molecule has 1 aliphatic heterocycles. The van der Waals surface area contributed by atoms with Crippen LogP contribution in [-0.2, 0) is 40.5 Å². The van der Waals surface area contributed by atoms with Crippen LogP contribution in [0.15, 0.2) is 139 Å². The molecule has 0 saturated carbocycles. The van der Waals surface area contributed by atoms with E-state index in [-0.39, 0.29) is 55.8 Å². The lowest BCUT2D eigenvalue weighted by molar-refractivity contribution is 0.402. The predicted octanol–water partition coefficient (Wildman–Crippen LogP) is 7.53. The van der Waals surface area contributed by atoms with Crippen LogP contribution in [0.4, 0.5) is 28.4 Å². The number of hydrogen-bond acceptors (Lipinski definition) is 15. The number of ether oxygens (including phenoxy) is 2. The van der Waals surface area contributed by atoms with Crippen LogP contribution < -0.4 is 25.2 Å². The van der Waals surface area contributed by atoms with Crippen LogP contribution in [0.25, 0.3) is 50.4 Å². The molecule has 2 aromatic heterocycles. The molecule has 22 nitrogen and oxygen atoms in total. The van der Waals surface area contributed by atoms with Gasteiger partial charge in [-0.1, -0.05) is 60.7 Å². The maximum atomic E-state index is 12.7. The Balaban J connectivity index is 0.925. The molecular weight excluding hydrogens is 981 g/mol. The van der Waals surface area contributed by atoms with E-state index in [0.29, 0.717) is 33.6 Å². The first-order valence-corrected chi connectivity index (χ1v) is 25.7. The Morgan fingerprint density at radius 2 is 1.29 bits per heavy atom. The van der Waals surface area contributed by atoms with Crippen molar-refractivity contribution in [2.24, 2.45) is 10.2 Å². The van der Waals surface area contributed by atoms with E-state index in [9.17, 15) is 51.9 Å². The number of hydrazine groups is 1. The smallest absolute Gasteiger partial charge is 0.295 e. The molecule has 26 heteroatoms. The van der Waals surface area contributed by atoms with Crippen LogP contribution in [0.2, 0.25) is 0 Å². The Kier molecular flexibility index (Phi) is 10.5. The van der Waals surface area contributed by atoms with Gasteiger partial charge in [-0.05, 0) is 65.0 Å². The van der Waals surface area contributed by atoms with Gasteiger partial charge in [0.1, 0.15) is 55.3 Å². The second-order valence-electron chi connectivity index (χ2n) is 15.5. The fraction of sp³-hybridized carbons (Fsp3) is 0.0698. The van der Waals surface area contributed by atoms with Gasteiger partial charge in [-0.3, -0.25) is 28.6 Å². The molecular formula is C43H34N8O14S4. The summed E-state index contributed by atoms with van der Waals surface area (Å²) in [5.41, 5.74) is 6.23. The van der Waals surface area contributed by atoms with E-state index in [2.05, 4.69) is 21.0 Å². The Bertz CT molecular complexity index is 4160. The first kappa shape index (κ1) is 45.2. The van der Waals surface area contributed by atoms with Gasteiger partial charge < -0.3 is 14.8 Å². The van der Waals surface area contributed by atoms with Crippen molar-refractivity contribution in [1.29, 1.82) is 0 Å². The Hall–Kier alpha value is -7.56. The summed E-state index contributed by atoms with van der Waals surface area (Å²) in [5, 5.41) is 15.1. The molecule has 3 heterocycles. The molecule has 0 bridgehead atoms. The van der Waals surface area contributed by atoms with Gasteiger partial charge in [0.05, 0.1) is 41.9 Å². The average Bonchev–Trinajstić information content (AvgIpc) is 3.76. The van der Waals surface area contributed by atoms with Crippen LogP contribution in [0.5, 0.6) is 11.5 Å². The minimum Gasteiger partial charge on any atom is -0.494 e. The lowest BCUT2D eigenvalue weighted by Gasteiger charge is -2.22. The predicted molar refractivity (Wildman–Crippen MR) is 253 cm³/mol. The maximum absolute atomic E-state index is 12.7. The molecule has 9 aromatic rings. The van der Waals surface area contributed by atoms with Crippen molar-refractivity contribution in [3.63, 3.8) is 0 Å². The normalized spacial score (nSPS) is 13.7. The van der Waals surface area contributed by atoms with Gasteiger partial charge in [-0.25, -0.2) is 0 Å². The van der Waals surface area contributed by atoms with Crippen molar-refractivity contribution in [2.75, 3.05) is 36.6 Å². The topological polar surface area (TPSA) is 302 Å². The summed E-state index contributed by atoms with van der Waals surface area (Å²) in [7, 11) is -16.0. The van der Waals surface area contributed by atoms with Gasteiger partial charge in [0.15, 0.2) is 0 Å². The number of aromatic nitrogens is 3. The number of hydrogen-bond donors (Lipinski definition) is 6. The van der Waals surface area contributed by atoms with Crippen molar-refractivity contribution in [3.8, 4) is 17.2 Å². The van der Waals surface area contributed by atoms with E-state index >= 15 is 0 Å². The second-order valence-corrected chi connectivity index (χ2v) is 21.1. The molecule has 0 aliphatic carbocycles. The molecule has 0 fully saturated rings. The Labute approximate surface area is 391 Å². The van der Waals surface area contributed by atoms with Gasteiger partial charge in [0, 0.05) is 28.3 Å². The molecule has 10 rings (SSSR count). The zero-order valence-electron chi connectivity index (χ0n) is 35.4. The number of rotatable bonds is 13. The van der Waals surface area contributed by atoms with Crippen molar-refractivity contribution < 1.29 is 61.4 Å². The second kappa shape index (κ2) is 16.0. The van der Waals surface area contributed by atoms with Crippen molar-refractivity contribution in [3.05, 3.63) is 120 Å². The third kappa shape index (κ3) is 8.02. The molecule has 0 spiro atoms. The molecule has 0 unspecified atom stereocenters. The average molecular weight is 1020 g/mol. The molecule has 0 atom stereocenters. The van der Waals surface area contributed by atoms with Crippen LogP contribution in [-0.4, -0.2) is 86.8 Å². The largest absolute Gasteiger partial charge is 0.494 e. The van der Waals surface area contributed by atoms with E-state index in [4.69, 9.17) is 9.47 Å². The van der Waals surface area contributed by atoms with Gasteiger partial charge >= 0.3 is 0 Å². The van der Waals surface area contributed by atoms with Crippen molar-refractivity contribution in [2.45, 2.75) is 19.6 Å². The standard InChI is InChI=1S/C43H34N8O14S4/c1-64-37-22-36(50-49-35-16-11-26-17-29(66(52,53)54)14-15-30(26)43(35)51(49)50)38(65-2)20-33(37)46-45-27-12-9-24(39(18-27)67(55,56)57)7-8-25-10-13-28(19-40(25)68(58,59)60)47-48-23-44-34-21-41(69(61,62)63)31-5-3-4-6-32(31)42(34)48/h3-22,44,47H,23H2,1-2H3,(H,52,53,54)(H,55,56,57)(H,58,59,60)(H,61,62,63). The highest BCUT2D eigenvalue weighted by Crippen LogP contribution is 2.44. The van der Waals surface area contributed by atoms with Crippen LogP contribution in [0.1, 0.15) is 11.1 Å². The first-order valence-electron chi connectivity index (χ1n) is 20.0. The highest BCUT2D eigenvalue weighted by molar-refractivity contribution is 7.86. The fourth-order valence-electron chi connectivity index (χ4n) is 8.25. The number of anilines is 3. The lowest BCUT2D eigenvalue weighted by Crippen LogP contribution is -2.29. The number of azo groups is 1. The van der Waals surface area contributed by atoms with E-state index in [1.807, 2.05) is 9.26 Å². The first-order chi connectivity index (χ1) is 32.6. The third-order valence-electron chi connectivity index (χ3n) is 11.4. The van der Waals surface area contributed by atoms with Crippen molar-refractivity contribution >= 4 is 114 Å². The minimum absolute atomic E-state index is 0.0143. The zero-order valence-corrected chi connectivity index (χ0v) is 38.7. The summed E-state index contributed by atoms with van der Waals surface area (Å²) < 4.78 is 153. The quantitative estimate of drug-likeness (QED) is 0.0369. The van der Waals surface area contributed by atoms with Gasteiger partial charge in [0.25, 0.3) is 40.5 Å². The van der Waals surface area contributed by atoms with Crippen LogP contribution in [0, 0.1) is 0 Å². The van der Waals surface area contributed by atoms with Crippen molar-refractivity contribution in [1.82, 2.24) is 14.1 Å². The molecule has 69 heavy (non-hydrogen) atoms. The third-order valence-corrected chi connectivity index (χ3v) is 14.9. The summed E-state index contributed by atoms with van der Waals surface area (Å²) in [6, 6.07) is 26.5. The highest BCUT2D eigenvalue weighted by atomic mass is 32.2. The zero-order chi connectivity index (χ0) is 48.9. The SMILES string of the molecule is COc1cc(-n2n3c4ccc5cc(S(=O)(=O)O)ccc5c4n23)c(OC)cc1N=Nc1ccc(C=Cc2ccc(NN3CNc4cc(S(=O)(=O)O)c5ccccc5c43)cc2S(=O)(=O)O)c(S(=O)(=O)O)c1. The highest BCUT2D eigenvalue weighted by Gasteiger charge is 2.30. The summed E-state index contributed by atoms with van der Waals surface area (Å²) in [4.78, 5) is 0.0710. The summed E-state index contributed by atoms with van der Waals surface area (Å²) in [6.45, 7) is 0.0819. The Morgan fingerprint density at radius 1 is 0.623 bits per heavy atom. The van der Waals surface area contributed by atoms with E-state index in [0.717, 1.165) is 28.6 Å². The number of nitrogens with one attached hydrogen (secondary N) is 2. The van der Waals surface area contributed by atoms with E-state index in [1.54, 1.807) is 52.3 Å². The minimum atomic E-state index is -4.92. The number of methoxy groups -OCH3 is 2. The number of nitrogens with zero attached hydrogens (tertiary/aromatic N) is 6. The molecule has 1 aliphatic rings. The maximum Gasteiger partial charge on any atom is 0.295 e. The summed E-state index contributed by atoms with van der Waals surface area (Å²) in [5.74, 6) is 0.573. The molecule has 7 aromatic carbocycles. The van der Waals surface area contributed by atoms with E-state index in [1.165, 1.54) is 81.0 Å². The number of fused-ring (bicyclic) bond motifs is 9. The Morgan fingerprint density at radius 3 is 1.96 bits per heavy atom. The molecule has 0 radical (unpaired) electrons. The van der Waals surface area contributed by atoms with Gasteiger partial charge in [0.2, 0.25) is 0 Å². The summed E-state index contributed by atoms with van der Waals surface area (Å²) >= 11 is 0. The van der Waals surface area contributed by atoms with Crippen LogP contribution >= 0.6 is 0 Å². The molecule has 0 saturated heterocycles. The van der Waals surface area contributed by atoms with Gasteiger partial charge in [-0.15, -0.1) is 19.2 Å². The lowest BCUT2D eigenvalue weighted by atomic mass is 10.1. The summed E-state index contributed by atoms with van der Waals surface area (Å²) in [6.07, 6.45) is 2.45.